The van der Waals surface area contributed by atoms with Gasteiger partial charge in [0.25, 0.3) is 0 Å². The van der Waals surface area contributed by atoms with Crippen molar-refractivity contribution in [2.24, 2.45) is 0 Å². The number of halogens is 3. The first-order chi connectivity index (χ1) is 6.30. The highest BCUT2D eigenvalue weighted by molar-refractivity contribution is 7.15. The van der Waals surface area contributed by atoms with Crippen molar-refractivity contribution in [3.05, 3.63) is 10.6 Å². The Morgan fingerprint density at radius 2 is 2.00 bits per heavy atom. The van der Waals surface area contributed by atoms with Gasteiger partial charge in [-0.25, -0.2) is 4.98 Å². The number of aromatic nitrogens is 1. The molecule has 2 N–H and O–H groups in total. The SMILES string of the molecule is Cc1nc(N[C@@H](O)C(Cl)(Cl)Cl)sc1C. The van der Waals surface area contributed by atoms with Crippen LogP contribution in [0.4, 0.5) is 5.13 Å². The molecule has 7 heteroatoms. The van der Waals surface area contributed by atoms with E-state index in [9.17, 15) is 5.11 Å². The highest BCUT2D eigenvalue weighted by Gasteiger charge is 2.31. The number of rotatable bonds is 2. The summed E-state index contributed by atoms with van der Waals surface area (Å²) in [6.45, 7) is 3.80. The quantitative estimate of drug-likeness (QED) is 0.644. The minimum absolute atomic E-state index is 0.541. The van der Waals surface area contributed by atoms with Crippen LogP contribution in [0.15, 0.2) is 0 Å². The second kappa shape index (κ2) is 4.41. The number of aryl methyl sites for hydroxylation is 2. The fraction of sp³-hybridized carbons (Fsp3) is 0.571. The summed E-state index contributed by atoms with van der Waals surface area (Å²) in [4.78, 5) is 5.19. The molecule has 0 spiro atoms. The maximum Gasteiger partial charge on any atom is 0.234 e. The first kappa shape index (κ1) is 12.3. The standard InChI is InChI=1S/C7H9Cl3N2OS/c1-3-4(2)14-6(11-3)12-5(13)7(8,9)10/h5,13H,1-2H3,(H,11,12)/t5-/m0/s1. The van der Waals surface area contributed by atoms with Gasteiger partial charge in [0.15, 0.2) is 11.4 Å². The summed E-state index contributed by atoms with van der Waals surface area (Å²) in [5.74, 6) is 0. The van der Waals surface area contributed by atoms with Crippen LogP contribution in [0.3, 0.4) is 0 Å². The van der Waals surface area contributed by atoms with E-state index in [2.05, 4.69) is 10.3 Å². The Kier molecular flexibility index (Phi) is 3.88. The van der Waals surface area contributed by atoms with Gasteiger partial charge in [-0.3, -0.25) is 0 Å². The number of thiazole rings is 1. The Labute approximate surface area is 101 Å². The van der Waals surface area contributed by atoms with Gasteiger partial charge >= 0.3 is 0 Å². The number of aliphatic hydroxyl groups is 1. The van der Waals surface area contributed by atoms with Crippen molar-refractivity contribution in [2.75, 3.05) is 5.32 Å². The Morgan fingerprint density at radius 1 is 1.43 bits per heavy atom. The molecule has 0 unspecified atom stereocenters. The van der Waals surface area contributed by atoms with E-state index in [0.717, 1.165) is 10.6 Å². The van der Waals surface area contributed by atoms with Gasteiger partial charge in [-0.15, -0.1) is 11.3 Å². The summed E-state index contributed by atoms with van der Waals surface area (Å²) in [5, 5.41) is 12.6. The summed E-state index contributed by atoms with van der Waals surface area (Å²) in [5.41, 5.74) is 0.897. The molecule has 1 atom stereocenters. The van der Waals surface area contributed by atoms with Gasteiger partial charge in [0, 0.05) is 4.88 Å². The van der Waals surface area contributed by atoms with Crippen LogP contribution in [-0.4, -0.2) is 20.1 Å². The number of aliphatic hydroxyl groups excluding tert-OH is 1. The van der Waals surface area contributed by atoms with Gasteiger partial charge in [-0.1, -0.05) is 34.8 Å². The third-order valence-electron chi connectivity index (χ3n) is 1.60. The summed E-state index contributed by atoms with van der Waals surface area (Å²) >= 11 is 17.8. The number of nitrogens with one attached hydrogen (secondary N) is 1. The van der Waals surface area contributed by atoms with E-state index in [1.807, 2.05) is 13.8 Å². The lowest BCUT2D eigenvalue weighted by molar-refractivity contribution is 0.208. The molecule has 1 rings (SSSR count). The van der Waals surface area contributed by atoms with E-state index in [4.69, 9.17) is 34.8 Å². The zero-order chi connectivity index (χ0) is 10.9. The molecule has 80 valence electrons. The normalized spacial score (nSPS) is 14.1. The van der Waals surface area contributed by atoms with Crippen molar-refractivity contribution in [3.63, 3.8) is 0 Å². The third kappa shape index (κ3) is 3.14. The van der Waals surface area contributed by atoms with Crippen LogP contribution in [0.1, 0.15) is 10.6 Å². The number of alkyl halides is 3. The van der Waals surface area contributed by atoms with Crippen molar-refractivity contribution in [1.82, 2.24) is 4.98 Å². The molecule has 0 saturated heterocycles. The van der Waals surface area contributed by atoms with Crippen molar-refractivity contribution in [1.29, 1.82) is 0 Å². The fourth-order valence-electron chi connectivity index (χ4n) is 0.733. The lowest BCUT2D eigenvalue weighted by atomic mass is 10.4. The number of hydrogen-bond acceptors (Lipinski definition) is 4. The Morgan fingerprint density at radius 3 is 2.36 bits per heavy atom. The monoisotopic (exact) mass is 274 g/mol. The van der Waals surface area contributed by atoms with E-state index in [1.165, 1.54) is 11.3 Å². The summed E-state index contributed by atoms with van der Waals surface area (Å²) in [7, 11) is 0. The molecule has 0 aromatic carbocycles. The highest BCUT2D eigenvalue weighted by Crippen LogP contribution is 2.32. The number of anilines is 1. The van der Waals surface area contributed by atoms with Gasteiger partial charge in [0.05, 0.1) is 5.69 Å². The van der Waals surface area contributed by atoms with Gasteiger partial charge < -0.3 is 10.4 Å². The molecule has 0 aliphatic carbocycles. The van der Waals surface area contributed by atoms with Crippen molar-refractivity contribution in [3.8, 4) is 0 Å². The molecule has 0 fully saturated rings. The summed E-state index contributed by atoms with van der Waals surface area (Å²) < 4.78 is -1.76. The second-order valence-corrected chi connectivity index (χ2v) is 6.32. The van der Waals surface area contributed by atoms with Crippen LogP contribution in [0.5, 0.6) is 0 Å². The van der Waals surface area contributed by atoms with Gasteiger partial charge in [0.1, 0.15) is 0 Å². The Hall–Kier alpha value is 0.260. The molecule has 1 heterocycles. The van der Waals surface area contributed by atoms with Gasteiger partial charge in [-0.2, -0.15) is 0 Å². The molecule has 0 bridgehead atoms. The van der Waals surface area contributed by atoms with E-state index in [0.29, 0.717) is 5.13 Å². The summed E-state index contributed by atoms with van der Waals surface area (Å²) in [6, 6.07) is 0. The van der Waals surface area contributed by atoms with Crippen molar-refractivity contribution >= 4 is 51.3 Å². The minimum Gasteiger partial charge on any atom is -0.369 e. The average molecular weight is 276 g/mol. The zero-order valence-corrected chi connectivity index (χ0v) is 10.6. The molecule has 1 aromatic rings. The highest BCUT2D eigenvalue weighted by atomic mass is 35.6. The fourth-order valence-corrected chi connectivity index (χ4v) is 1.73. The van der Waals surface area contributed by atoms with Crippen molar-refractivity contribution < 1.29 is 5.11 Å². The average Bonchev–Trinajstić information content (AvgIpc) is 2.29. The molecule has 0 saturated carbocycles. The molecular formula is C7H9Cl3N2OS. The lowest BCUT2D eigenvalue weighted by Gasteiger charge is -2.19. The Balaban J connectivity index is 2.70. The number of nitrogens with zero attached hydrogens (tertiary/aromatic N) is 1. The molecular weight excluding hydrogens is 267 g/mol. The van der Waals surface area contributed by atoms with Crippen LogP contribution >= 0.6 is 46.1 Å². The van der Waals surface area contributed by atoms with Gasteiger partial charge in [0.2, 0.25) is 3.79 Å². The van der Waals surface area contributed by atoms with E-state index in [-0.39, 0.29) is 0 Å². The Bertz CT molecular complexity index is 304. The zero-order valence-electron chi connectivity index (χ0n) is 7.51. The molecule has 14 heavy (non-hydrogen) atoms. The van der Waals surface area contributed by atoms with E-state index in [1.54, 1.807) is 0 Å². The van der Waals surface area contributed by atoms with Crippen LogP contribution in [0.2, 0.25) is 0 Å². The first-order valence-corrected chi connectivity index (χ1v) is 5.71. The maximum atomic E-state index is 9.40. The number of hydrogen-bond donors (Lipinski definition) is 2. The smallest absolute Gasteiger partial charge is 0.234 e. The predicted octanol–water partition coefficient (Wildman–Crippen LogP) is 2.86. The molecule has 0 amide bonds. The topological polar surface area (TPSA) is 45.2 Å². The summed E-state index contributed by atoms with van der Waals surface area (Å²) in [6.07, 6.45) is -1.27. The maximum absolute atomic E-state index is 9.40. The van der Waals surface area contributed by atoms with Crippen LogP contribution in [0, 0.1) is 13.8 Å². The molecule has 0 aliphatic heterocycles. The van der Waals surface area contributed by atoms with E-state index < -0.39 is 10.0 Å². The largest absolute Gasteiger partial charge is 0.369 e. The van der Waals surface area contributed by atoms with Crippen LogP contribution < -0.4 is 5.32 Å². The third-order valence-corrected chi connectivity index (χ3v) is 3.22. The van der Waals surface area contributed by atoms with E-state index >= 15 is 0 Å². The molecule has 0 radical (unpaired) electrons. The van der Waals surface area contributed by atoms with Crippen LogP contribution in [0.25, 0.3) is 0 Å². The van der Waals surface area contributed by atoms with Gasteiger partial charge in [-0.05, 0) is 13.8 Å². The molecule has 3 nitrogen and oxygen atoms in total. The van der Waals surface area contributed by atoms with Crippen molar-refractivity contribution in [2.45, 2.75) is 23.9 Å². The molecule has 1 aromatic heterocycles. The second-order valence-electron chi connectivity index (χ2n) is 2.75. The molecule has 0 aliphatic rings. The predicted molar refractivity (Wildman–Crippen MR) is 61.5 cm³/mol. The van der Waals surface area contributed by atoms with Crippen LogP contribution in [-0.2, 0) is 0 Å². The first-order valence-electron chi connectivity index (χ1n) is 3.76. The minimum atomic E-state index is -1.76. The lowest BCUT2D eigenvalue weighted by Crippen LogP contribution is -2.33.